The van der Waals surface area contributed by atoms with Crippen LogP contribution in [0.1, 0.15) is 316 Å². The van der Waals surface area contributed by atoms with E-state index in [0.29, 0.717) is 18.8 Å². The topological polar surface area (TPSA) is 63.6 Å². The molecule has 0 aliphatic rings. The first-order valence-electron chi connectivity index (χ1n) is 26.9. The van der Waals surface area contributed by atoms with Crippen LogP contribution in [0.3, 0.4) is 0 Å². The molecule has 346 valence electrons. The van der Waals surface area contributed by atoms with Crippen molar-refractivity contribution < 1.29 is 19.4 Å². The van der Waals surface area contributed by atoms with Gasteiger partial charge in [-0.05, 0) is 32.1 Å². The minimum absolute atomic E-state index is 0.286. The number of aliphatic hydroxyl groups is 1. The van der Waals surface area contributed by atoms with Crippen molar-refractivity contribution in [3.8, 4) is 0 Å². The first kappa shape index (κ1) is 57.1. The molecule has 0 saturated heterocycles. The number of carbonyl (C=O) groups is 2. The molecule has 0 aliphatic carbocycles. The fourth-order valence-corrected chi connectivity index (χ4v) is 8.81. The van der Waals surface area contributed by atoms with Crippen LogP contribution >= 0.6 is 0 Å². The van der Waals surface area contributed by atoms with Crippen molar-refractivity contribution in [2.45, 2.75) is 322 Å². The average Bonchev–Trinajstić information content (AvgIpc) is 3.23. The van der Waals surface area contributed by atoms with Gasteiger partial charge in [0.1, 0.15) is 5.78 Å². The van der Waals surface area contributed by atoms with Gasteiger partial charge in [-0.25, -0.2) is 4.79 Å². The van der Waals surface area contributed by atoms with Crippen LogP contribution in [0.15, 0.2) is 0 Å². The molecule has 4 nitrogen and oxygen atoms in total. The number of ketones is 1. The summed E-state index contributed by atoms with van der Waals surface area (Å²) in [7, 11) is 0. The number of esters is 1. The predicted molar refractivity (Wildman–Crippen MR) is 255 cm³/mol. The van der Waals surface area contributed by atoms with Gasteiger partial charge in [-0.2, -0.15) is 0 Å². The summed E-state index contributed by atoms with van der Waals surface area (Å²) in [6.07, 6.45) is 57.2. The van der Waals surface area contributed by atoms with Gasteiger partial charge in [-0.3, -0.25) is 4.79 Å². The molecule has 2 unspecified atom stereocenters. The maximum absolute atomic E-state index is 13.2. The average molecular weight is 819 g/mol. The second-order valence-electron chi connectivity index (χ2n) is 18.8. The first-order valence-corrected chi connectivity index (χ1v) is 26.9. The smallest absolute Gasteiger partial charge is 0.334 e. The van der Waals surface area contributed by atoms with Crippen molar-refractivity contribution in [1.82, 2.24) is 0 Å². The van der Waals surface area contributed by atoms with Gasteiger partial charge in [0.25, 0.3) is 0 Å². The lowest BCUT2D eigenvalue weighted by Gasteiger charge is -2.16. The Morgan fingerprint density at radius 2 is 0.603 bits per heavy atom. The van der Waals surface area contributed by atoms with Gasteiger partial charge in [0.05, 0.1) is 6.61 Å². The molecular weight excluding hydrogens is 713 g/mol. The summed E-state index contributed by atoms with van der Waals surface area (Å²) in [5.41, 5.74) is 0. The maximum Gasteiger partial charge on any atom is 0.334 e. The fraction of sp³-hybridized carbons (Fsp3) is 0.963. The first-order chi connectivity index (χ1) is 28.6. The summed E-state index contributed by atoms with van der Waals surface area (Å²) < 4.78 is 5.37. The molecule has 1 N–H and O–H groups in total. The number of ether oxygens (including phenoxy) is 1. The van der Waals surface area contributed by atoms with E-state index in [0.717, 1.165) is 57.8 Å². The Morgan fingerprint density at radius 1 is 0.345 bits per heavy atom. The Balaban J connectivity index is 3.77. The van der Waals surface area contributed by atoms with E-state index in [1.165, 1.54) is 231 Å². The van der Waals surface area contributed by atoms with E-state index in [9.17, 15) is 14.7 Å². The quantitative estimate of drug-likeness (QED) is 0.0490. The van der Waals surface area contributed by atoms with E-state index in [1.54, 1.807) is 0 Å². The highest BCUT2D eigenvalue weighted by molar-refractivity contribution is 5.80. The Morgan fingerprint density at radius 3 is 0.948 bits per heavy atom. The van der Waals surface area contributed by atoms with Crippen molar-refractivity contribution in [1.29, 1.82) is 0 Å². The summed E-state index contributed by atoms with van der Waals surface area (Å²) in [4.78, 5) is 25.4. The highest BCUT2D eigenvalue weighted by Crippen LogP contribution is 2.23. The third-order valence-electron chi connectivity index (χ3n) is 12.9. The standard InChI is InChI=1S/C54H106O4/c1-4-7-10-13-15-17-19-21-23-25-27-29-31-36-40-45-50-58-54(57)53(56)49-44-39-35-32-33-37-42-47-51(46-41-12-9-6-3)52(55)48-43-38-34-30-28-26-24-22-20-18-16-14-11-8-5-2/h51,53,56H,4-50H2,1-3H3. The lowest BCUT2D eigenvalue weighted by Crippen LogP contribution is -2.23. The van der Waals surface area contributed by atoms with Crippen LogP contribution in [-0.2, 0) is 14.3 Å². The molecule has 0 amide bonds. The number of unbranched alkanes of at least 4 members (excludes halogenated alkanes) is 38. The number of hydrogen-bond donors (Lipinski definition) is 1. The van der Waals surface area contributed by atoms with Crippen molar-refractivity contribution in [2.24, 2.45) is 5.92 Å². The Bertz CT molecular complexity index is 811. The summed E-state index contributed by atoms with van der Waals surface area (Å²) >= 11 is 0. The van der Waals surface area contributed by atoms with Crippen LogP contribution < -0.4 is 0 Å². The zero-order valence-corrected chi connectivity index (χ0v) is 40.1. The molecule has 0 radical (unpaired) electrons. The molecule has 0 aliphatic heterocycles. The van der Waals surface area contributed by atoms with E-state index in [2.05, 4.69) is 20.8 Å². The minimum Gasteiger partial charge on any atom is -0.464 e. The van der Waals surface area contributed by atoms with Gasteiger partial charge in [0.15, 0.2) is 6.10 Å². The van der Waals surface area contributed by atoms with E-state index in [4.69, 9.17) is 4.74 Å². The maximum atomic E-state index is 13.2. The number of hydrogen-bond acceptors (Lipinski definition) is 4. The SMILES string of the molecule is CCCCCCCCCCCCCCCCCCOC(=O)C(O)CCCCCCCCCC(CCCCCC)C(=O)CCCCCCCCCCCCCCCCC. The molecule has 0 aromatic heterocycles. The van der Waals surface area contributed by atoms with Gasteiger partial charge < -0.3 is 9.84 Å². The summed E-state index contributed by atoms with van der Waals surface area (Å²) in [5, 5.41) is 10.3. The van der Waals surface area contributed by atoms with Crippen LogP contribution in [0.25, 0.3) is 0 Å². The third-order valence-corrected chi connectivity index (χ3v) is 12.9. The molecule has 0 aromatic rings. The molecule has 4 heteroatoms. The molecule has 0 aromatic carbocycles. The van der Waals surface area contributed by atoms with E-state index in [-0.39, 0.29) is 5.92 Å². The molecule has 0 heterocycles. The molecule has 58 heavy (non-hydrogen) atoms. The minimum atomic E-state index is -0.970. The second kappa shape index (κ2) is 48.8. The Kier molecular flexibility index (Phi) is 48.0. The van der Waals surface area contributed by atoms with Crippen molar-refractivity contribution in [3.05, 3.63) is 0 Å². The Labute approximate surface area is 364 Å². The van der Waals surface area contributed by atoms with Gasteiger partial charge >= 0.3 is 5.97 Å². The van der Waals surface area contributed by atoms with Crippen LogP contribution in [0.2, 0.25) is 0 Å². The van der Waals surface area contributed by atoms with E-state index in [1.807, 2.05) is 0 Å². The monoisotopic (exact) mass is 819 g/mol. The second-order valence-corrected chi connectivity index (χ2v) is 18.8. The van der Waals surface area contributed by atoms with Crippen molar-refractivity contribution >= 4 is 11.8 Å². The fourth-order valence-electron chi connectivity index (χ4n) is 8.81. The van der Waals surface area contributed by atoms with Crippen molar-refractivity contribution in [3.63, 3.8) is 0 Å². The van der Waals surface area contributed by atoms with E-state index >= 15 is 0 Å². The zero-order chi connectivity index (χ0) is 42.3. The van der Waals surface area contributed by atoms with Crippen LogP contribution in [-0.4, -0.2) is 29.6 Å². The van der Waals surface area contributed by atoms with Gasteiger partial charge in [0, 0.05) is 12.3 Å². The predicted octanol–water partition coefficient (Wildman–Crippen LogP) is 18.1. The molecule has 0 bridgehead atoms. The Hall–Kier alpha value is -0.900. The van der Waals surface area contributed by atoms with Crippen LogP contribution in [0.5, 0.6) is 0 Å². The highest BCUT2D eigenvalue weighted by atomic mass is 16.5. The lowest BCUT2D eigenvalue weighted by atomic mass is 9.88. The van der Waals surface area contributed by atoms with Crippen LogP contribution in [0, 0.1) is 5.92 Å². The molecular formula is C54H106O4. The summed E-state index contributed by atoms with van der Waals surface area (Å²) in [6, 6.07) is 0. The third kappa shape index (κ3) is 43.2. The molecule has 0 fully saturated rings. The molecule has 0 spiro atoms. The zero-order valence-electron chi connectivity index (χ0n) is 40.1. The number of aliphatic hydroxyl groups excluding tert-OH is 1. The molecule has 2 atom stereocenters. The lowest BCUT2D eigenvalue weighted by molar-refractivity contribution is -0.154. The van der Waals surface area contributed by atoms with Gasteiger partial charge in [-0.1, -0.05) is 278 Å². The normalized spacial score (nSPS) is 12.6. The van der Waals surface area contributed by atoms with Crippen LogP contribution in [0.4, 0.5) is 0 Å². The van der Waals surface area contributed by atoms with Gasteiger partial charge in [-0.15, -0.1) is 0 Å². The molecule has 0 rings (SSSR count). The number of rotatable bonds is 50. The largest absolute Gasteiger partial charge is 0.464 e. The summed E-state index contributed by atoms with van der Waals surface area (Å²) in [5.74, 6) is 0.404. The number of carbonyl (C=O) groups excluding carboxylic acids is 2. The highest BCUT2D eigenvalue weighted by Gasteiger charge is 2.18. The van der Waals surface area contributed by atoms with E-state index < -0.39 is 12.1 Å². The van der Waals surface area contributed by atoms with Gasteiger partial charge in [0.2, 0.25) is 0 Å². The number of Topliss-reactive ketones (excluding diaryl/α,β-unsaturated/α-hetero) is 1. The molecule has 0 saturated carbocycles. The summed E-state index contributed by atoms with van der Waals surface area (Å²) in [6.45, 7) is 7.28. The van der Waals surface area contributed by atoms with Crippen molar-refractivity contribution in [2.75, 3.05) is 6.61 Å².